The Balaban J connectivity index is 2.10. The molecule has 0 amide bonds. The summed E-state index contributed by atoms with van der Waals surface area (Å²) in [6, 6.07) is 12.4. The van der Waals surface area contributed by atoms with Gasteiger partial charge < -0.3 is 5.32 Å². The smallest absolute Gasteiger partial charge is 0.0753 e. The van der Waals surface area contributed by atoms with Crippen LogP contribution in [0.1, 0.15) is 30.5 Å². The van der Waals surface area contributed by atoms with Crippen molar-refractivity contribution in [1.29, 1.82) is 0 Å². The van der Waals surface area contributed by atoms with Crippen LogP contribution in [0.2, 0.25) is 0 Å². The zero-order valence-electron chi connectivity index (χ0n) is 12.0. The van der Waals surface area contributed by atoms with Crippen molar-refractivity contribution in [3.63, 3.8) is 0 Å². The summed E-state index contributed by atoms with van der Waals surface area (Å²) in [7, 11) is 0. The van der Waals surface area contributed by atoms with E-state index in [2.05, 4.69) is 51.7 Å². The fraction of sp³-hybridized carbons (Fsp3) is 0.235. The van der Waals surface area contributed by atoms with Gasteiger partial charge in [0.1, 0.15) is 0 Å². The van der Waals surface area contributed by atoms with Crippen LogP contribution >= 0.6 is 0 Å². The maximum absolute atomic E-state index is 4.56. The van der Waals surface area contributed by atoms with Crippen molar-refractivity contribution >= 4 is 10.9 Å². The molecule has 3 aromatic rings. The largest absolute Gasteiger partial charge is 0.306 e. The number of nitrogens with one attached hydrogen (secondary N) is 1. The first-order chi connectivity index (χ1) is 10.4. The van der Waals surface area contributed by atoms with Gasteiger partial charge >= 0.3 is 0 Å². The molecule has 0 spiro atoms. The second kappa shape index (κ2) is 6.41. The number of hydrogen-bond acceptors (Lipinski definition) is 4. The molecule has 0 aliphatic heterocycles. The Labute approximate surface area is 124 Å². The zero-order valence-corrected chi connectivity index (χ0v) is 12.0. The van der Waals surface area contributed by atoms with Gasteiger partial charge in [-0.2, -0.15) is 10.2 Å². The van der Waals surface area contributed by atoms with Crippen LogP contribution in [0.3, 0.4) is 0 Å². The highest BCUT2D eigenvalue weighted by Gasteiger charge is 2.16. The van der Waals surface area contributed by atoms with Gasteiger partial charge in [0.25, 0.3) is 0 Å². The quantitative estimate of drug-likeness (QED) is 0.779. The van der Waals surface area contributed by atoms with Crippen molar-refractivity contribution in [3.05, 3.63) is 66.1 Å². The molecule has 2 heterocycles. The van der Waals surface area contributed by atoms with E-state index < -0.39 is 0 Å². The summed E-state index contributed by atoms with van der Waals surface area (Å²) >= 11 is 0. The number of aromatic nitrogens is 3. The minimum absolute atomic E-state index is 0.0825. The standard InChI is InChI=1S/C17H18N4/c1-2-9-18-17(14-8-11-20-21-12-14)15-7-3-5-13-6-4-10-19-16(13)15/h3-8,10-12,17-18H,2,9H2,1H3. The Bertz CT molecular complexity index is 707. The Hall–Kier alpha value is -2.33. The van der Waals surface area contributed by atoms with E-state index in [-0.39, 0.29) is 6.04 Å². The monoisotopic (exact) mass is 278 g/mol. The van der Waals surface area contributed by atoms with Crippen LogP contribution < -0.4 is 5.32 Å². The molecule has 0 radical (unpaired) electrons. The van der Waals surface area contributed by atoms with Gasteiger partial charge in [0, 0.05) is 17.8 Å². The number of benzene rings is 1. The van der Waals surface area contributed by atoms with Crippen molar-refractivity contribution in [2.45, 2.75) is 19.4 Å². The van der Waals surface area contributed by atoms with Crippen LogP contribution in [0.5, 0.6) is 0 Å². The molecular formula is C17H18N4. The molecule has 1 unspecified atom stereocenters. The third-order valence-corrected chi connectivity index (χ3v) is 3.51. The topological polar surface area (TPSA) is 50.7 Å². The summed E-state index contributed by atoms with van der Waals surface area (Å²) in [6.07, 6.45) is 6.46. The van der Waals surface area contributed by atoms with Crippen molar-refractivity contribution in [3.8, 4) is 0 Å². The Kier molecular flexibility index (Phi) is 4.17. The molecule has 0 saturated heterocycles. The SMILES string of the molecule is CCCNC(c1ccnnc1)c1cccc2cccnc12. The van der Waals surface area contributed by atoms with E-state index in [4.69, 9.17) is 0 Å². The molecule has 0 bridgehead atoms. The number of rotatable bonds is 5. The predicted molar refractivity (Wildman–Crippen MR) is 83.9 cm³/mol. The van der Waals surface area contributed by atoms with E-state index >= 15 is 0 Å². The molecule has 106 valence electrons. The zero-order chi connectivity index (χ0) is 14.5. The van der Waals surface area contributed by atoms with Crippen molar-refractivity contribution < 1.29 is 0 Å². The number of hydrogen-bond donors (Lipinski definition) is 1. The second-order valence-corrected chi connectivity index (χ2v) is 4.99. The van der Waals surface area contributed by atoms with Crippen LogP contribution in [-0.2, 0) is 0 Å². The third kappa shape index (κ3) is 2.90. The van der Waals surface area contributed by atoms with E-state index in [1.807, 2.05) is 24.5 Å². The number of para-hydroxylation sites is 1. The lowest BCUT2D eigenvalue weighted by Gasteiger charge is -2.20. The maximum atomic E-state index is 4.56. The van der Waals surface area contributed by atoms with Gasteiger partial charge in [0.05, 0.1) is 17.8 Å². The lowest BCUT2D eigenvalue weighted by atomic mass is 9.97. The highest BCUT2D eigenvalue weighted by Crippen LogP contribution is 2.27. The first-order valence-corrected chi connectivity index (χ1v) is 7.23. The number of fused-ring (bicyclic) bond motifs is 1. The van der Waals surface area contributed by atoms with Crippen molar-refractivity contribution in [1.82, 2.24) is 20.5 Å². The Morgan fingerprint density at radius 3 is 2.76 bits per heavy atom. The van der Waals surface area contributed by atoms with Crippen molar-refractivity contribution in [2.24, 2.45) is 0 Å². The summed E-state index contributed by atoms with van der Waals surface area (Å²) < 4.78 is 0. The molecule has 0 aliphatic rings. The summed E-state index contributed by atoms with van der Waals surface area (Å²) in [5.41, 5.74) is 3.32. The molecule has 0 saturated carbocycles. The second-order valence-electron chi connectivity index (χ2n) is 4.99. The molecule has 2 aromatic heterocycles. The van der Waals surface area contributed by atoms with Gasteiger partial charge in [-0.1, -0.05) is 31.2 Å². The molecule has 1 atom stereocenters. The highest BCUT2D eigenvalue weighted by atomic mass is 15.1. The molecule has 0 fully saturated rings. The molecule has 0 aliphatic carbocycles. The molecular weight excluding hydrogens is 260 g/mol. The van der Waals surface area contributed by atoms with E-state index in [1.54, 1.807) is 6.20 Å². The van der Waals surface area contributed by atoms with Crippen LogP contribution in [0, 0.1) is 0 Å². The van der Waals surface area contributed by atoms with Crippen molar-refractivity contribution in [2.75, 3.05) is 6.54 Å². The van der Waals surface area contributed by atoms with E-state index in [0.29, 0.717) is 0 Å². The average molecular weight is 278 g/mol. The predicted octanol–water partition coefficient (Wildman–Crippen LogP) is 3.11. The van der Waals surface area contributed by atoms with Crippen LogP contribution in [0.4, 0.5) is 0 Å². The van der Waals surface area contributed by atoms with Gasteiger partial charge in [0.15, 0.2) is 0 Å². The average Bonchev–Trinajstić information content (AvgIpc) is 2.56. The van der Waals surface area contributed by atoms with Crippen LogP contribution in [-0.4, -0.2) is 21.7 Å². The normalized spacial score (nSPS) is 12.4. The molecule has 1 aromatic carbocycles. The summed E-state index contributed by atoms with van der Waals surface area (Å²) in [5.74, 6) is 0. The highest BCUT2D eigenvalue weighted by molar-refractivity contribution is 5.82. The summed E-state index contributed by atoms with van der Waals surface area (Å²) in [6.45, 7) is 3.10. The minimum atomic E-state index is 0.0825. The van der Waals surface area contributed by atoms with Gasteiger partial charge in [0.2, 0.25) is 0 Å². The lowest BCUT2D eigenvalue weighted by Crippen LogP contribution is -2.23. The molecule has 3 rings (SSSR count). The summed E-state index contributed by atoms with van der Waals surface area (Å²) in [5, 5.41) is 12.6. The number of pyridine rings is 1. The van der Waals surface area contributed by atoms with Crippen LogP contribution in [0.15, 0.2) is 55.0 Å². The van der Waals surface area contributed by atoms with Gasteiger partial charge in [-0.15, -0.1) is 0 Å². The fourth-order valence-corrected chi connectivity index (χ4v) is 2.53. The number of nitrogens with zero attached hydrogens (tertiary/aromatic N) is 3. The minimum Gasteiger partial charge on any atom is -0.306 e. The lowest BCUT2D eigenvalue weighted by molar-refractivity contribution is 0.598. The maximum Gasteiger partial charge on any atom is 0.0753 e. The Morgan fingerprint density at radius 2 is 1.95 bits per heavy atom. The van der Waals surface area contributed by atoms with Gasteiger partial charge in [-0.05, 0) is 36.2 Å². The van der Waals surface area contributed by atoms with E-state index in [9.17, 15) is 0 Å². The molecule has 21 heavy (non-hydrogen) atoms. The third-order valence-electron chi connectivity index (χ3n) is 3.51. The Morgan fingerprint density at radius 1 is 1.05 bits per heavy atom. The van der Waals surface area contributed by atoms with Gasteiger partial charge in [-0.3, -0.25) is 4.98 Å². The van der Waals surface area contributed by atoms with E-state index in [1.165, 1.54) is 5.56 Å². The first-order valence-electron chi connectivity index (χ1n) is 7.23. The first kappa shape index (κ1) is 13.6. The molecule has 1 N–H and O–H groups in total. The van der Waals surface area contributed by atoms with E-state index in [0.717, 1.165) is 29.4 Å². The van der Waals surface area contributed by atoms with Gasteiger partial charge in [-0.25, -0.2) is 0 Å². The van der Waals surface area contributed by atoms with Crippen LogP contribution in [0.25, 0.3) is 10.9 Å². The molecule has 4 heteroatoms. The molecule has 4 nitrogen and oxygen atoms in total. The fourth-order valence-electron chi connectivity index (χ4n) is 2.53. The summed E-state index contributed by atoms with van der Waals surface area (Å²) in [4.78, 5) is 4.56.